The number of hydrogen-bond acceptors (Lipinski definition) is 5. The number of nitrogens with zero attached hydrogens (tertiary/aromatic N) is 3. The van der Waals surface area contributed by atoms with Crippen molar-refractivity contribution in [2.75, 3.05) is 5.01 Å². The van der Waals surface area contributed by atoms with E-state index in [0.717, 1.165) is 39.0 Å². The van der Waals surface area contributed by atoms with Gasteiger partial charge in [-0.3, -0.25) is 0 Å². The van der Waals surface area contributed by atoms with Crippen LogP contribution in [0.5, 0.6) is 0 Å². The van der Waals surface area contributed by atoms with Crippen LogP contribution in [0.3, 0.4) is 0 Å². The van der Waals surface area contributed by atoms with Gasteiger partial charge in [0.1, 0.15) is 11.6 Å². The van der Waals surface area contributed by atoms with Gasteiger partial charge in [-0.1, -0.05) is 18.2 Å². The molecule has 2 aromatic carbocycles. The number of hydrogen-bond donors (Lipinski definition) is 0. The Morgan fingerprint density at radius 1 is 0.900 bits per heavy atom. The molecule has 1 unspecified atom stereocenters. The van der Waals surface area contributed by atoms with E-state index in [1.54, 1.807) is 35.6 Å². The Morgan fingerprint density at radius 3 is 2.27 bits per heavy atom. The maximum atomic E-state index is 13.4. The Bertz CT molecular complexity index is 1160. The van der Waals surface area contributed by atoms with Crippen LogP contribution in [0.15, 0.2) is 76.5 Å². The van der Waals surface area contributed by atoms with Crippen molar-refractivity contribution in [1.82, 2.24) is 4.98 Å². The summed E-state index contributed by atoms with van der Waals surface area (Å²) in [6.45, 7) is 0. The molecule has 152 valence electrons. The SMILES string of the molecule is Br.Fc1ccc(-c2csc(N3N=C(c4cccs4)CC3c3ccc(F)cc3)n2)cc1. The lowest BCUT2D eigenvalue weighted by molar-refractivity contribution is 0.624. The fourth-order valence-electron chi connectivity index (χ4n) is 3.35. The standard InChI is InChI=1S/C22H15F2N3S2.BrH/c23-16-7-3-14(4-8-16)19-13-29-22(25-19)27-20(15-5-9-17(24)10-6-15)12-18(26-27)21-2-1-11-28-21;/h1-11,13,20H,12H2;1H. The molecule has 0 spiro atoms. The number of rotatable bonds is 4. The number of thiazole rings is 1. The van der Waals surface area contributed by atoms with Crippen molar-refractivity contribution >= 4 is 50.5 Å². The Balaban J connectivity index is 0.00000218. The van der Waals surface area contributed by atoms with E-state index in [1.807, 2.05) is 21.8 Å². The molecule has 0 saturated carbocycles. The van der Waals surface area contributed by atoms with Crippen molar-refractivity contribution in [3.8, 4) is 11.3 Å². The molecule has 3 nitrogen and oxygen atoms in total. The molecule has 0 amide bonds. The summed E-state index contributed by atoms with van der Waals surface area (Å²) < 4.78 is 26.7. The van der Waals surface area contributed by atoms with Gasteiger partial charge in [-0.25, -0.2) is 18.8 Å². The van der Waals surface area contributed by atoms with Gasteiger partial charge in [0.15, 0.2) is 0 Å². The average Bonchev–Trinajstić information content (AvgIpc) is 3.48. The zero-order valence-corrected chi connectivity index (χ0v) is 18.9. The van der Waals surface area contributed by atoms with E-state index in [1.165, 1.54) is 35.6 Å². The van der Waals surface area contributed by atoms with Crippen molar-refractivity contribution in [2.24, 2.45) is 5.10 Å². The third-order valence-electron chi connectivity index (χ3n) is 4.80. The molecule has 1 aliphatic heterocycles. The second kappa shape index (κ2) is 8.75. The Hall–Kier alpha value is -2.42. The van der Waals surface area contributed by atoms with Crippen LogP contribution in [-0.4, -0.2) is 10.7 Å². The minimum Gasteiger partial charge on any atom is -0.231 e. The van der Waals surface area contributed by atoms with Crippen LogP contribution in [0.25, 0.3) is 11.3 Å². The van der Waals surface area contributed by atoms with Crippen LogP contribution in [0, 0.1) is 11.6 Å². The molecule has 30 heavy (non-hydrogen) atoms. The summed E-state index contributed by atoms with van der Waals surface area (Å²) in [5.41, 5.74) is 3.62. The fourth-order valence-corrected chi connectivity index (χ4v) is 4.90. The molecule has 5 rings (SSSR count). The molecule has 0 radical (unpaired) electrons. The largest absolute Gasteiger partial charge is 0.231 e. The lowest BCUT2D eigenvalue weighted by Gasteiger charge is -2.21. The smallest absolute Gasteiger partial charge is 0.207 e. The van der Waals surface area contributed by atoms with Gasteiger partial charge in [-0.05, 0) is 53.4 Å². The predicted octanol–water partition coefficient (Wildman–Crippen LogP) is 7.08. The molecule has 4 aromatic rings. The first-order chi connectivity index (χ1) is 14.2. The van der Waals surface area contributed by atoms with Crippen molar-refractivity contribution in [2.45, 2.75) is 12.5 Å². The molecule has 0 aliphatic carbocycles. The van der Waals surface area contributed by atoms with Gasteiger partial charge in [0.25, 0.3) is 0 Å². The second-order valence-electron chi connectivity index (χ2n) is 6.66. The molecule has 2 aromatic heterocycles. The van der Waals surface area contributed by atoms with Gasteiger partial charge >= 0.3 is 0 Å². The highest BCUT2D eigenvalue weighted by Crippen LogP contribution is 2.39. The van der Waals surface area contributed by atoms with Gasteiger partial charge in [0, 0.05) is 17.4 Å². The zero-order valence-electron chi connectivity index (χ0n) is 15.5. The molecule has 0 saturated heterocycles. The summed E-state index contributed by atoms with van der Waals surface area (Å²) in [5, 5.41) is 11.5. The van der Waals surface area contributed by atoms with Crippen LogP contribution < -0.4 is 5.01 Å². The third kappa shape index (κ3) is 4.08. The normalized spacial score (nSPS) is 15.7. The lowest BCUT2D eigenvalue weighted by Crippen LogP contribution is -2.18. The first kappa shape index (κ1) is 20.8. The highest BCUT2D eigenvalue weighted by atomic mass is 79.9. The van der Waals surface area contributed by atoms with Crippen LogP contribution in [0.2, 0.25) is 0 Å². The van der Waals surface area contributed by atoms with Crippen LogP contribution in [-0.2, 0) is 0 Å². The van der Waals surface area contributed by atoms with Gasteiger partial charge in [-0.15, -0.1) is 39.7 Å². The van der Waals surface area contributed by atoms with Gasteiger partial charge in [0.05, 0.1) is 22.3 Å². The van der Waals surface area contributed by atoms with E-state index in [-0.39, 0.29) is 34.7 Å². The highest BCUT2D eigenvalue weighted by Gasteiger charge is 2.32. The lowest BCUT2D eigenvalue weighted by atomic mass is 10.0. The number of benzene rings is 2. The Morgan fingerprint density at radius 2 is 1.60 bits per heavy atom. The molecule has 0 N–H and O–H groups in total. The van der Waals surface area contributed by atoms with Gasteiger partial charge in [0.2, 0.25) is 5.13 Å². The van der Waals surface area contributed by atoms with Crippen LogP contribution >= 0.6 is 39.7 Å². The number of thiophene rings is 1. The van der Waals surface area contributed by atoms with Gasteiger partial charge < -0.3 is 0 Å². The first-order valence-electron chi connectivity index (χ1n) is 9.05. The zero-order chi connectivity index (χ0) is 19.8. The minimum absolute atomic E-state index is 0. The molecule has 0 fully saturated rings. The van der Waals surface area contributed by atoms with Crippen molar-refractivity contribution < 1.29 is 8.78 Å². The monoisotopic (exact) mass is 503 g/mol. The summed E-state index contributed by atoms with van der Waals surface area (Å²) in [6, 6.07) is 16.9. The number of aromatic nitrogens is 1. The maximum absolute atomic E-state index is 13.4. The van der Waals surface area contributed by atoms with Crippen LogP contribution in [0.1, 0.15) is 22.9 Å². The number of halogens is 3. The van der Waals surface area contributed by atoms with E-state index < -0.39 is 0 Å². The molecular formula is C22H16BrF2N3S2. The van der Waals surface area contributed by atoms with Gasteiger partial charge in [-0.2, -0.15) is 5.10 Å². The fraction of sp³-hybridized carbons (Fsp3) is 0.0909. The van der Waals surface area contributed by atoms with Crippen LogP contribution in [0.4, 0.5) is 13.9 Å². The summed E-state index contributed by atoms with van der Waals surface area (Å²) in [7, 11) is 0. The third-order valence-corrected chi connectivity index (χ3v) is 6.55. The molecule has 1 atom stereocenters. The summed E-state index contributed by atoms with van der Waals surface area (Å²) in [5.74, 6) is -0.532. The first-order valence-corrected chi connectivity index (χ1v) is 10.8. The van der Waals surface area contributed by atoms with E-state index in [9.17, 15) is 8.78 Å². The molecule has 3 heterocycles. The molecule has 0 bridgehead atoms. The Labute approximate surface area is 191 Å². The second-order valence-corrected chi connectivity index (χ2v) is 8.45. The molecular weight excluding hydrogens is 488 g/mol. The predicted molar refractivity (Wildman–Crippen MR) is 125 cm³/mol. The quantitative estimate of drug-likeness (QED) is 0.297. The van der Waals surface area contributed by atoms with E-state index in [0.29, 0.717) is 0 Å². The average molecular weight is 504 g/mol. The number of anilines is 1. The molecule has 8 heteroatoms. The van der Waals surface area contributed by atoms with Crippen molar-refractivity contribution in [3.63, 3.8) is 0 Å². The Kier molecular flexibility index (Phi) is 6.08. The highest BCUT2D eigenvalue weighted by molar-refractivity contribution is 8.93. The molecule has 1 aliphatic rings. The van der Waals surface area contributed by atoms with Crippen molar-refractivity contribution in [3.05, 3.63) is 93.5 Å². The topological polar surface area (TPSA) is 28.5 Å². The summed E-state index contributed by atoms with van der Waals surface area (Å²) >= 11 is 3.14. The maximum Gasteiger partial charge on any atom is 0.207 e. The van der Waals surface area contributed by atoms with Crippen molar-refractivity contribution in [1.29, 1.82) is 0 Å². The summed E-state index contributed by atoms with van der Waals surface area (Å²) in [6.07, 6.45) is 0.720. The van der Waals surface area contributed by atoms with E-state index >= 15 is 0 Å². The summed E-state index contributed by atoms with van der Waals surface area (Å²) in [4.78, 5) is 5.87. The van der Waals surface area contributed by atoms with E-state index in [4.69, 9.17) is 10.1 Å². The minimum atomic E-state index is -0.273. The van der Waals surface area contributed by atoms with E-state index in [2.05, 4.69) is 6.07 Å². The number of hydrazone groups is 1.